The van der Waals surface area contributed by atoms with Gasteiger partial charge in [0.2, 0.25) is 0 Å². The summed E-state index contributed by atoms with van der Waals surface area (Å²) >= 11 is 0. The van der Waals surface area contributed by atoms with Crippen molar-refractivity contribution in [3.63, 3.8) is 0 Å². The zero-order valence-corrected chi connectivity index (χ0v) is 12.6. The van der Waals surface area contributed by atoms with Crippen LogP contribution in [0.5, 0.6) is 5.75 Å². The molecule has 5 nitrogen and oxygen atoms in total. The van der Waals surface area contributed by atoms with E-state index in [0.717, 1.165) is 5.56 Å². The Kier molecular flexibility index (Phi) is 3.93. The van der Waals surface area contributed by atoms with Crippen molar-refractivity contribution in [2.24, 2.45) is 0 Å². The first-order chi connectivity index (χ1) is 11.0. The maximum absolute atomic E-state index is 12.7. The average molecular weight is 309 g/mol. The number of nitrogens with zero attached hydrogens (tertiary/aromatic N) is 1. The van der Waals surface area contributed by atoms with Crippen LogP contribution >= 0.6 is 0 Å². The minimum atomic E-state index is -0.446. The number of fused-ring (bicyclic) bond motifs is 1. The Hall–Kier alpha value is -2.95. The molecule has 0 atom stereocenters. The number of benzene rings is 2. The van der Waals surface area contributed by atoms with E-state index >= 15 is 0 Å². The van der Waals surface area contributed by atoms with Gasteiger partial charge in [-0.05, 0) is 30.7 Å². The second kappa shape index (κ2) is 6.04. The predicted octanol–water partition coefficient (Wildman–Crippen LogP) is 3.95. The van der Waals surface area contributed by atoms with Crippen LogP contribution < -0.4 is 4.74 Å². The van der Waals surface area contributed by atoms with E-state index in [2.05, 4.69) is 0 Å². The van der Waals surface area contributed by atoms with Crippen molar-refractivity contribution in [1.29, 1.82) is 0 Å². The SMILES string of the molecule is Cc1ccc2c(c1)C(=O)/C(=C/c1cccc([N+](=O)[O-])c1)CCO2. The number of nitro groups is 1. The summed E-state index contributed by atoms with van der Waals surface area (Å²) in [5.74, 6) is 0.496. The van der Waals surface area contributed by atoms with Crippen molar-refractivity contribution in [3.8, 4) is 5.75 Å². The highest BCUT2D eigenvalue weighted by Gasteiger charge is 2.21. The van der Waals surface area contributed by atoms with E-state index in [1.165, 1.54) is 12.1 Å². The predicted molar refractivity (Wildman–Crippen MR) is 86.7 cm³/mol. The molecule has 0 unspecified atom stereocenters. The summed E-state index contributed by atoms with van der Waals surface area (Å²) in [6, 6.07) is 11.8. The normalized spacial score (nSPS) is 15.7. The van der Waals surface area contributed by atoms with Gasteiger partial charge >= 0.3 is 0 Å². The van der Waals surface area contributed by atoms with Crippen LogP contribution in [0.2, 0.25) is 0 Å². The van der Waals surface area contributed by atoms with Crippen LogP contribution in [-0.2, 0) is 0 Å². The number of aryl methyl sites for hydroxylation is 1. The molecule has 116 valence electrons. The lowest BCUT2D eigenvalue weighted by atomic mass is 9.98. The van der Waals surface area contributed by atoms with E-state index in [9.17, 15) is 14.9 Å². The third kappa shape index (κ3) is 3.13. The molecule has 0 amide bonds. The van der Waals surface area contributed by atoms with Gasteiger partial charge < -0.3 is 4.74 Å². The molecule has 1 aliphatic heterocycles. The van der Waals surface area contributed by atoms with Crippen LogP contribution in [-0.4, -0.2) is 17.3 Å². The zero-order chi connectivity index (χ0) is 16.4. The maximum atomic E-state index is 12.7. The van der Waals surface area contributed by atoms with E-state index in [0.29, 0.717) is 35.5 Å². The third-order valence-electron chi connectivity index (χ3n) is 3.72. The minimum Gasteiger partial charge on any atom is -0.492 e. The quantitative estimate of drug-likeness (QED) is 0.478. The molecular weight excluding hydrogens is 294 g/mol. The van der Waals surface area contributed by atoms with Gasteiger partial charge in [0.15, 0.2) is 5.78 Å². The van der Waals surface area contributed by atoms with Crippen LogP contribution in [0.1, 0.15) is 27.9 Å². The number of hydrogen-bond donors (Lipinski definition) is 0. The number of carbonyl (C=O) groups is 1. The second-order valence-corrected chi connectivity index (χ2v) is 5.45. The molecule has 0 fully saturated rings. The summed E-state index contributed by atoms with van der Waals surface area (Å²) in [6.45, 7) is 2.32. The van der Waals surface area contributed by atoms with Gasteiger partial charge in [-0.25, -0.2) is 0 Å². The Labute approximate surface area is 133 Å². The van der Waals surface area contributed by atoms with E-state index < -0.39 is 4.92 Å². The minimum absolute atomic E-state index is 0.00733. The first-order valence-electron chi connectivity index (χ1n) is 7.28. The lowest BCUT2D eigenvalue weighted by Crippen LogP contribution is -2.02. The first kappa shape index (κ1) is 15.0. The molecule has 0 radical (unpaired) electrons. The summed E-state index contributed by atoms with van der Waals surface area (Å²) in [5.41, 5.74) is 2.76. The Balaban J connectivity index is 2.01. The van der Waals surface area contributed by atoms with Crippen LogP contribution in [0.4, 0.5) is 5.69 Å². The number of non-ortho nitro benzene ring substituents is 1. The number of ketones is 1. The van der Waals surface area contributed by atoms with Gasteiger partial charge in [0.25, 0.3) is 5.69 Å². The molecule has 0 N–H and O–H groups in total. The Bertz CT molecular complexity index is 824. The molecule has 0 aromatic heterocycles. The molecule has 5 heteroatoms. The summed E-state index contributed by atoms with van der Waals surface area (Å²) in [6.07, 6.45) is 2.17. The Morgan fingerprint density at radius 3 is 2.83 bits per heavy atom. The van der Waals surface area contributed by atoms with Crippen molar-refractivity contribution in [3.05, 3.63) is 74.8 Å². The summed E-state index contributed by atoms with van der Waals surface area (Å²) in [4.78, 5) is 23.1. The smallest absolute Gasteiger partial charge is 0.270 e. The average Bonchev–Trinajstić information content (AvgIpc) is 2.68. The topological polar surface area (TPSA) is 69.4 Å². The number of nitro benzene ring substituents is 1. The molecule has 23 heavy (non-hydrogen) atoms. The van der Waals surface area contributed by atoms with E-state index in [1.807, 2.05) is 19.1 Å². The van der Waals surface area contributed by atoms with E-state index in [4.69, 9.17) is 4.74 Å². The molecule has 2 aromatic carbocycles. The molecule has 3 rings (SSSR count). The maximum Gasteiger partial charge on any atom is 0.270 e. The van der Waals surface area contributed by atoms with Crippen molar-refractivity contribution >= 4 is 17.5 Å². The summed E-state index contributed by atoms with van der Waals surface area (Å²) in [5, 5.41) is 10.9. The van der Waals surface area contributed by atoms with Crippen LogP contribution in [0, 0.1) is 17.0 Å². The van der Waals surface area contributed by atoms with Gasteiger partial charge in [-0.3, -0.25) is 14.9 Å². The molecule has 0 spiro atoms. The first-order valence-corrected chi connectivity index (χ1v) is 7.28. The van der Waals surface area contributed by atoms with Gasteiger partial charge in [0.05, 0.1) is 17.1 Å². The number of ether oxygens (including phenoxy) is 1. The standard InChI is InChI=1S/C18H15NO4/c1-12-5-6-17-16(9-12)18(20)14(7-8-23-17)10-13-3-2-4-15(11-13)19(21)22/h2-6,9-11H,7-8H2,1H3/b14-10+. The van der Waals surface area contributed by atoms with Crippen LogP contribution in [0.15, 0.2) is 48.0 Å². The molecule has 0 saturated carbocycles. The monoisotopic (exact) mass is 309 g/mol. The molecule has 0 saturated heterocycles. The number of Topliss-reactive ketones (excluding diaryl/α,β-unsaturated/α-hetero) is 1. The highest BCUT2D eigenvalue weighted by Crippen LogP contribution is 2.29. The molecule has 1 heterocycles. The number of hydrogen-bond acceptors (Lipinski definition) is 4. The van der Waals surface area contributed by atoms with Gasteiger partial charge in [0.1, 0.15) is 5.75 Å². The Morgan fingerprint density at radius 2 is 2.04 bits per heavy atom. The van der Waals surface area contributed by atoms with Crippen molar-refractivity contribution in [2.75, 3.05) is 6.61 Å². The van der Waals surface area contributed by atoms with Crippen LogP contribution in [0.25, 0.3) is 6.08 Å². The van der Waals surface area contributed by atoms with E-state index in [-0.39, 0.29) is 11.5 Å². The van der Waals surface area contributed by atoms with Gasteiger partial charge in [0, 0.05) is 24.1 Å². The lowest BCUT2D eigenvalue weighted by molar-refractivity contribution is -0.384. The van der Waals surface area contributed by atoms with E-state index in [1.54, 1.807) is 24.3 Å². The fraction of sp³-hybridized carbons (Fsp3) is 0.167. The largest absolute Gasteiger partial charge is 0.492 e. The van der Waals surface area contributed by atoms with Gasteiger partial charge in [-0.1, -0.05) is 23.8 Å². The van der Waals surface area contributed by atoms with Crippen molar-refractivity contribution in [1.82, 2.24) is 0 Å². The third-order valence-corrected chi connectivity index (χ3v) is 3.72. The lowest BCUT2D eigenvalue weighted by Gasteiger charge is -2.06. The highest BCUT2D eigenvalue weighted by molar-refractivity contribution is 6.13. The summed E-state index contributed by atoms with van der Waals surface area (Å²) in [7, 11) is 0. The van der Waals surface area contributed by atoms with Crippen molar-refractivity contribution < 1.29 is 14.5 Å². The Morgan fingerprint density at radius 1 is 1.22 bits per heavy atom. The molecular formula is C18H15NO4. The molecule has 2 aromatic rings. The van der Waals surface area contributed by atoms with Crippen molar-refractivity contribution in [2.45, 2.75) is 13.3 Å². The van der Waals surface area contributed by atoms with Gasteiger partial charge in [-0.2, -0.15) is 0 Å². The number of carbonyl (C=O) groups excluding carboxylic acids is 1. The summed E-state index contributed by atoms with van der Waals surface area (Å²) < 4.78 is 5.63. The second-order valence-electron chi connectivity index (χ2n) is 5.45. The highest BCUT2D eigenvalue weighted by atomic mass is 16.6. The zero-order valence-electron chi connectivity index (χ0n) is 12.6. The fourth-order valence-corrected chi connectivity index (χ4v) is 2.57. The molecule has 0 bridgehead atoms. The fourth-order valence-electron chi connectivity index (χ4n) is 2.57. The molecule has 0 aliphatic carbocycles. The number of rotatable bonds is 2. The van der Waals surface area contributed by atoms with Gasteiger partial charge in [-0.15, -0.1) is 0 Å². The van der Waals surface area contributed by atoms with Crippen LogP contribution in [0.3, 0.4) is 0 Å². The molecule has 1 aliphatic rings.